The fourth-order valence-corrected chi connectivity index (χ4v) is 5.33. The highest BCUT2D eigenvalue weighted by atomic mass is 32.1. The van der Waals surface area contributed by atoms with Crippen LogP contribution < -0.4 is 10.2 Å². The van der Waals surface area contributed by atoms with E-state index in [9.17, 15) is 0 Å². The first-order chi connectivity index (χ1) is 15.2. The molecule has 2 aromatic heterocycles. The molecule has 8 nitrogen and oxygen atoms in total. The molecule has 1 N–H and O–H groups in total. The third-order valence-electron chi connectivity index (χ3n) is 6.28. The van der Waals surface area contributed by atoms with Gasteiger partial charge in [-0.2, -0.15) is 9.36 Å². The smallest absolute Gasteiger partial charge is 0.248 e. The van der Waals surface area contributed by atoms with Crippen molar-refractivity contribution in [2.75, 3.05) is 31.8 Å². The maximum Gasteiger partial charge on any atom is 0.248 e. The second kappa shape index (κ2) is 8.68. The van der Waals surface area contributed by atoms with Gasteiger partial charge in [0.05, 0.1) is 5.54 Å². The van der Waals surface area contributed by atoms with Crippen LogP contribution in [0.3, 0.4) is 0 Å². The standard InChI is InChI=1S/C22H26N6O2S/c1-27(21-25-20(26-31-21)28-10-9-24-15-28)22(18-7-8-23-13-18,12-19-14-29-16-30-19)11-17-5-3-2-4-6-17/h2-6,9-10,14-15,18,23H,7-8,11-13,16H2,1H3. The minimum atomic E-state index is -0.240. The molecule has 1 aromatic carbocycles. The van der Waals surface area contributed by atoms with Gasteiger partial charge in [-0.1, -0.05) is 30.3 Å². The highest BCUT2D eigenvalue weighted by Crippen LogP contribution is 2.41. The van der Waals surface area contributed by atoms with Gasteiger partial charge in [0, 0.05) is 43.9 Å². The fraction of sp³-hybridized carbons (Fsp3) is 0.409. The molecule has 2 aliphatic heterocycles. The van der Waals surface area contributed by atoms with Crippen molar-refractivity contribution in [3.63, 3.8) is 0 Å². The quantitative estimate of drug-likeness (QED) is 0.579. The van der Waals surface area contributed by atoms with Crippen molar-refractivity contribution in [3.05, 3.63) is 66.6 Å². The van der Waals surface area contributed by atoms with E-state index in [-0.39, 0.29) is 12.3 Å². The summed E-state index contributed by atoms with van der Waals surface area (Å²) in [5, 5.41) is 4.44. The molecular formula is C22H26N6O2S. The first-order valence-corrected chi connectivity index (χ1v) is 11.3. The Morgan fingerprint density at radius 3 is 2.90 bits per heavy atom. The van der Waals surface area contributed by atoms with Gasteiger partial charge in [-0.25, -0.2) is 4.98 Å². The summed E-state index contributed by atoms with van der Waals surface area (Å²) in [6, 6.07) is 10.7. The molecule has 0 bridgehead atoms. The maximum absolute atomic E-state index is 5.80. The molecule has 162 valence electrons. The Hall–Kier alpha value is -2.91. The molecule has 0 saturated carbocycles. The predicted octanol–water partition coefficient (Wildman–Crippen LogP) is 2.99. The molecule has 1 fully saturated rings. The van der Waals surface area contributed by atoms with Gasteiger partial charge in [0.2, 0.25) is 17.9 Å². The first-order valence-electron chi connectivity index (χ1n) is 10.5. The number of ether oxygens (including phenoxy) is 2. The monoisotopic (exact) mass is 438 g/mol. The molecular weight excluding hydrogens is 412 g/mol. The van der Waals surface area contributed by atoms with E-state index in [4.69, 9.17) is 14.5 Å². The summed E-state index contributed by atoms with van der Waals surface area (Å²) >= 11 is 1.41. The average molecular weight is 439 g/mol. The SMILES string of the molecule is CN(c1nc(-n2ccnc2)ns1)C(CC1=COCO1)(Cc1ccccc1)C1CCNC1. The summed E-state index contributed by atoms with van der Waals surface area (Å²) in [6.45, 7) is 2.26. The lowest BCUT2D eigenvalue weighted by atomic mass is 9.74. The van der Waals surface area contributed by atoms with Crippen LogP contribution in [0.2, 0.25) is 0 Å². The number of hydrogen-bond donors (Lipinski definition) is 1. The van der Waals surface area contributed by atoms with Crippen molar-refractivity contribution in [2.45, 2.75) is 24.8 Å². The van der Waals surface area contributed by atoms with Crippen LogP contribution in [-0.4, -0.2) is 51.4 Å². The normalized spacial score (nSPS) is 20.0. The molecule has 4 heterocycles. The molecule has 31 heavy (non-hydrogen) atoms. The number of benzene rings is 1. The minimum absolute atomic E-state index is 0.240. The molecule has 2 unspecified atom stereocenters. The van der Waals surface area contributed by atoms with E-state index in [1.165, 1.54) is 17.1 Å². The first kappa shape index (κ1) is 20.0. The van der Waals surface area contributed by atoms with Gasteiger partial charge in [0.15, 0.2) is 0 Å². The van der Waals surface area contributed by atoms with Crippen LogP contribution in [-0.2, 0) is 15.9 Å². The molecule has 0 radical (unpaired) electrons. The van der Waals surface area contributed by atoms with Gasteiger partial charge in [0.1, 0.15) is 18.3 Å². The number of likely N-dealkylation sites (N-methyl/N-ethyl adjacent to an activating group) is 1. The van der Waals surface area contributed by atoms with Gasteiger partial charge >= 0.3 is 0 Å². The number of hydrogen-bond acceptors (Lipinski definition) is 8. The van der Waals surface area contributed by atoms with Gasteiger partial charge in [-0.15, -0.1) is 0 Å². The van der Waals surface area contributed by atoms with E-state index in [0.717, 1.165) is 43.2 Å². The van der Waals surface area contributed by atoms with Gasteiger partial charge in [-0.3, -0.25) is 4.57 Å². The lowest BCUT2D eigenvalue weighted by Crippen LogP contribution is -2.55. The Labute approximate surface area is 185 Å². The average Bonchev–Trinajstić information content (AvgIpc) is 3.60. The van der Waals surface area contributed by atoms with Crippen molar-refractivity contribution >= 4 is 16.7 Å². The number of rotatable bonds is 8. The van der Waals surface area contributed by atoms with Crippen molar-refractivity contribution < 1.29 is 9.47 Å². The zero-order chi connectivity index (χ0) is 21.1. The molecule has 2 aliphatic rings. The highest BCUT2D eigenvalue weighted by molar-refractivity contribution is 7.09. The Kier molecular flexibility index (Phi) is 5.61. The molecule has 3 aromatic rings. The van der Waals surface area contributed by atoms with Crippen LogP contribution in [0.1, 0.15) is 18.4 Å². The van der Waals surface area contributed by atoms with Crippen molar-refractivity contribution in [1.29, 1.82) is 0 Å². The van der Waals surface area contributed by atoms with E-state index in [1.54, 1.807) is 18.8 Å². The number of aromatic nitrogens is 4. The van der Waals surface area contributed by atoms with Crippen LogP contribution >= 0.6 is 11.5 Å². The second-order valence-corrected chi connectivity index (χ2v) is 8.78. The molecule has 0 spiro atoms. The number of nitrogens with zero attached hydrogens (tertiary/aromatic N) is 5. The summed E-state index contributed by atoms with van der Waals surface area (Å²) in [4.78, 5) is 11.3. The number of nitrogens with one attached hydrogen (secondary N) is 1. The van der Waals surface area contributed by atoms with Gasteiger partial charge < -0.3 is 19.7 Å². The lowest BCUT2D eigenvalue weighted by Gasteiger charge is -2.46. The summed E-state index contributed by atoms with van der Waals surface area (Å²) in [5.74, 6) is 1.94. The summed E-state index contributed by atoms with van der Waals surface area (Å²) < 4.78 is 17.6. The van der Waals surface area contributed by atoms with E-state index >= 15 is 0 Å². The Morgan fingerprint density at radius 1 is 1.29 bits per heavy atom. The summed E-state index contributed by atoms with van der Waals surface area (Å²) in [6.07, 6.45) is 9.78. The Bertz CT molecular complexity index is 1020. The topological polar surface area (TPSA) is 77.3 Å². The predicted molar refractivity (Wildman–Crippen MR) is 119 cm³/mol. The van der Waals surface area contributed by atoms with E-state index in [1.807, 2.05) is 10.8 Å². The lowest BCUT2D eigenvalue weighted by molar-refractivity contribution is 0.0715. The fourth-order valence-electron chi connectivity index (χ4n) is 4.61. The highest BCUT2D eigenvalue weighted by Gasteiger charge is 2.46. The summed E-state index contributed by atoms with van der Waals surface area (Å²) in [7, 11) is 2.13. The number of imidazole rings is 1. The Balaban J connectivity index is 1.55. The van der Waals surface area contributed by atoms with Crippen molar-refractivity contribution in [1.82, 2.24) is 24.2 Å². The van der Waals surface area contributed by atoms with E-state index in [2.05, 4.69) is 57.0 Å². The van der Waals surface area contributed by atoms with Crippen molar-refractivity contribution in [2.24, 2.45) is 5.92 Å². The zero-order valence-corrected chi connectivity index (χ0v) is 18.3. The molecule has 0 amide bonds. The third kappa shape index (κ3) is 4.03. The second-order valence-electron chi connectivity index (χ2n) is 8.05. The summed E-state index contributed by atoms with van der Waals surface area (Å²) in [5.41, 5.74) is 1.05. The Morgan fingerprint density at radius 2 is 2.19 bits per heavy atom. The van der Waals surface area contributed by atoms with Crippen LogP contribution in [0.4, 0.5) is 5.13 Å². The third-order valence-corrected chi connectivity index (χ3v) is 7.06. The molecule has 1 saturated heterocycles. The minimum Gasteiger partial charge on any atom is -0.462 e. The zero-order valence-electron chi connectivity index (χ0n) is 17.5. The van der Waals surface area contributed by atoms with Gasteiger partial charge in [0.25, 0.3) is 0 Å². The van der Waals surface area contributed by atoms with Crippen LogP contribution in [0.25, 0.3) is 5.95 Å². The van der Waals surface area contributed by atoms with E-state index in [0.29, 0.717) is 11.9 Å². The van der Waals surface area contributed by atoms with E-state index < -0.39 is 0 Å². The van der Waals surface area contributed by atoms with Gasteiger partial charge in [-0.05, 0) is 30.9 Å². The van der Waals surface area contributed by atoms with Crippen LogP contribution in [0.5, 0.6) is 0 Å². The van der Waals surface area contributed by atoms with Crippen LogP contribution in [0, 0.1) is 5.92 Å². The largest absolute Gasteiger partial charge is 0.462 e. The molecule has 0 aliphatic carbocycles. The molecule has 2 atom stereocenters. The molecule has 9 heteroatoms. The maximum atomic E-state index is 5.80. The van der Waals surface area contributed by atoms with Crippen molar-refractivity contribution in [3.8, 4) is 5.95 Å². The molecule has 5 rings (SSSR count). The van der Waals surface area contributed by atoms with Crippen LogP contribution in [0.15, 0.2) is 61.1 Å². The number of anilines is 1.